The largest absolute Gasteiger partial charge is 0.419 e. The molecule has 0 radical (unpaired) electrons. The van der Waals surface area contributed by atoms with Crippen LogP contribution in [0.25, 0.3) is 0 Å². The Morgan fingerprint density at radius 3 is 2.58 bits per heavy atom. The maximum atomic E-state index is 12.8. The monoisotopic (exact) mass is 344 g/mol. The van der Waals surface area contributed by atoms with Crippen LogP contribution >= 0.6 is 0 Å². The summed E-state index contributed by atoms with van der Waals surface area (Å²) in [6.45, 7) is 1.16. The molecule has 0 fully saturated rings. The number of primary amides is 1. The number of nitrogens with two attached hydrogens (primary N) is 1. The van der Waals surface area contributed by atoms with Crippen molar-refractivity contribution in [1.29, 1.82) is 5.26 Å². The molecule has 1 aromatic heterocycles. The van der Waals surface area contributed by atoms with Crippen LogP contribution < -0.4 is 11.1 Å². The first kappa shape index (κ1) is 19.4. The Balaban J connectivity index is 2.91. The molecular formula is C14H15F3N4O3. The van der Waals surface area contributed by atoms with Crippen LogP contribution in [0, 0.1) is 11.3 Å². The van der Waals surface area contributed by atoms with E-state index in [1.807, 2.05) is 0 Å². The van der Waals surface area contributed by atoms with E-state index in [1.54, 1.807) is 0 Å². The Morgan fingerprint density at radius 1 is 1.46 bits per heavy atom. The van der Waals surface area contributed by atoms with E-state index in [-0.39, 0.29) is 24.9 Å². The van der Waals surface area contributed by atoms with Crippen LogP contribution in [-0.4, -0.2) is 27.5 Å². The van der Waals surface area contributed by atoms with Crippen molar-refractivity contribution < 1.29 is 27.9 Å². The summed E-state index contributed by atoms with van der Waals surface area (Å²) in [5, 5.41) is 20.8. The molecule has 2 amide bonds. The van der Waals surface area contributed by atoms with Gasteiger partial charge in [-0.05, 0) is 25.8 Å². The summed E-state index contributed by atoms with van der Waals surface area (Å²) in [5.41, 5.74) is 0.590. The lowest BCUT2D eigenvalue weighted by atomic mass is 9.97. The summed E-state index contributed by atoms with van der Waals surface area (Å²) in [6, 6.07) is 1.87. The first-order chi connectivity index (χ1) is 11.0. The number of nitriles is 1. The van der Waals surface area contributed by atoms with Gasteiger partial charge in [0.25, 0.3) is 5.91 Å². The summed E-state index contributed by atoms with van der Waals surface area (Å²) in [7, 11) is 0. The predicted molar refractivity (Wildman–Crippen MR) is 76.3 cm³/mol. The molecule has 0 bridgehead atoms. The predicted octanol–water partition coefficient (Wildman–Crippen LogP) is 1.32. The summed E-state index contributed by atoms with van der Waals surface area (Å²) in [6.07, 6.45) is -3.96. The molecule has 0 aliphatic rings. The number of amides is 2. The SMILES string of the molecule is CC(O)(CCCC(N)=O)C(=O)Nc1cnc(C#N)c(C(F)(F)F)c1. The van der Waals surface area contributed by atoms with Gasteiger partial charge < -0.3 is 16.2 Å². The van der Waals surface area contributed by atoms with Crippen LogP contribution in [0.4, 0.5) is 18.9 Å². The Labute approximate surface area is 135 Å². The number of nitrogens with one attached hydrogen (secondary N) is 1. The molecule has 10 heteroatoms. The summed E-state index contributed by atoms with van der Waals surface area (Å²) >= 11 is 0. The Bertz CT molecular complexity index is 681. The molecule has 4 N–H and O–H groups in total. The number of pyridine rings is 1. The van der Waals surface area contributed by atoms with Gasteiger partial charge in [0.2, 0.25) is 5.91 Å². The van der Waals surface area contributed by atoms with E-state index >= 15 is 0 Å². The van der Waals surface area contributed by atoms with E-state index in [1.165, 1.54) is 6.07 Å². The summed E-state index contributed by atoms with van der Waals surface area (Å²) in [4.78, 5) is 26.0. The Kier molecular flexibility index (Phi) is 5.87. The first-order valence-electron chi connectivity index (χ1n) is 6.77. The number of hydrogen-bond donors (Lipinski definition) is 3. The van der Waals surface area contributed by atoms with Crippen molar-refractivity contribution in [2.75, 3.05) is 5.32 Å². The number of nitrogens with zero attached hydrogens (tertiary/aromatic N) is 2. The number of carbonyl (C=O) groups is 2. The molecule has 24 heavy (non-hydrogen) atoms. The highest BCUT2D eigenvalue weighted by Crippen LogP contribution is 2.32. The average molecular weight is 344 g/mol. The van der Waals surface area contributed by atoms with Crippen LogP contribution in [0.1, 0.15) is 37.4 Å². The molecule has 0 spiro atoms. The Morgan fingerprint density at radius 2 is 2.08 bits per heavy atom. The van der Waals surface area contributed by atoms with Gasteiger partial charge in [0.15, 0.2) is 5.69 Å². The van der Waals surface area contributed by atoms with Crippen molar-refractivity contribution in [2.45, 2.75) is 38.0 Å². The molecular weight excluding hydrogens is 329 g/mol. The molecule has 0 saturated carbocycles. The Hall–Kier alpha value is -2.67. The second kappa shape index (κ2) is 7.27. The molecule has 7 nitrogen and oxygen atoms in total. The van der Waals surface area contributed by atoms with Gasteiger partial charge in [-0.2, -0.15) is 18.4 Å². The van der Waals surface area contributed by atoms with Gasteiger partial charge >= 0.3 is 6.18 Å². The number of hydrogen-bond acceptors (Lipinski definition) is 5. The topological polar surface area (TPSA) is 129 Å². The smallest absolute Gasteiger partial charge is 0.380 e. The van der Waals surface area contributed by atoms with E-state index in [0.29, 0.717) is 6.07 Å². The number of halogens is 3. The lowest BCUT2D eigenvalue weighted by Crippen LogP contribution is -2.40. The zero-order valence-corrected chi connectivity index (χ0v) is 12.6. The van der Waals surface area contributed by atoms with Gasteiger partial charge in [0.05, 0.1) is 17.4 Å². The molecule has 1 aromatic rings. The maximum absolute atomic E-state index is 12.8. The molecule has 1 heterocycles. The second-order valence-corrected chi connectivity index (χ2v) is 5.28. The number of carbonyl (C=O) groups excluding carboxylic acids is 2. The van der Waals surface area contributed by atoms with Gasteiger partial charge in [-0.3, -0.25) is 9.59 Å². The van der Waals surface area contributed by atoms with E-state index in [4.69, 9.17) is 11.0 Å². The van der Waals surface area contributed by atoms with Gasteiger partial charge in [0, 0.05) is 6.42 Å². The number of aliphatic hydroxyl groups is 1. The van der Waals surface area contributed by atoms with Crippen molar-refractivity contribution in [2.24, 2.45) is 5.73 Å². The van der Waals surface area contributed by atoms with Crippen LogP contribution in [-0.2, 0) is 15.8 Å². The third-order valence-electron chi connectivity index (χ3n) is 3.13. The number of aromatic nitrogens is 1. The average Bonchev–Trinajstić information content (AvgIpc) is 2.45. The van der Waals surface area contributed by atoms with E-state index in [0.717, 1.165) is 13.1 Å². The lowest BCUT2D eigenvalue weighted by Gasteiger charge is -2.22. The van der Waals surface area contributed by atoms with E-state index < -0.39 is 34.8 Å². The van der Waals surface area contributed by atoms with Crippen LogP contribution in [0.15, 0.2) is 12.3 Å². The van der Waals surface area contributed by atoms with Crippen LogP contribution in [0.3, 0.4) is 0 Å². The second-order valence-electron chi connectivity index (χ2n) is 5.28. The molecule has 1 rings (SSSR count). The zero-order valence-electron chi connectivity index (χ0n) is 12.6. The minimum absolute atomic E-state index is 0.0416. The third kappa shape index (κ3) is 5.20. The van der Waals surface area contributed by atoms with Gasteiger partial charge in [-0.25, -0.2) is 4.98 Å². The van der Waals surface area contributed by atoms with Crippen molar-refractivity contribution in [3.63, 3.8) is 0 Å². The molecule has 0 aromatic carbocycles. The maximum Gasteiger partial charge on any atom is 0.419 e. The van der Waals surface area contributed by atoms with Crippen molar-refractivity contribution in [3.05, 3.63) is 23.5 Å². The van der Waals surface area contributed by atoms with Gasteiger partial charge in [0.1, 0.15) is 11.7 Å². The highest BCUT2D eigenvalue weighted by Gasteiger charge is 2.35. The molecule has 0 aliphatic heterocycles. The minimum atomic E-state index is -4.82. The molecule has 1 atom stereocenters. The highest BCUT2D eigenvalue weighted by molar-refractivity contribution is 5.96. The molecule has 1 unspecified atom stereocenters. The first-order valence-corrected chi connectivity index (χ1v) is 6.77. The normalized spacial score (nSPS) is 13.7. The number of alkyl halides is 3. The number of rotatable bonds is 6. The van der Waals surface area contributed by atoms with Crippen LogP contribution in [0.5, 0.6) is 0 Å². The highest BCUT2D eigenvalue weighted by atomic mass is 19.4. The van der Waals surface area contributed by atoms with E-state index in [9.17, 15) is 27.9 Å². The quantitative estimate of drug-likeness (QED) is 0.717. The van der Waals surface area contributed by atoms with Gasteiger partial charge in [-0.15, -0.1) is 0 Å². The molecule has 130 valence electrons. The van der Waals surface area contributed by atoms with Gasteiger partial charge in [-0.1, -0.05) is 0 Å². The fourth-order valence-electron chi connectivity index (χ4n) is 1.82. The number of anilines is 1. The van der Waals surface area contributed by atoms with E-state index in [2.05, 4.69) is 10.3 Å². The fourth-order valence-corrected chi connectivity index (χ4v) is 1.82. The van der Waals surface area contributed by atoms with Crippen molar-refractivity contribution >= 4 is 17.5 Å². The summed E-state index contributed by atoms with van der Waals surface area (Å²) < 4.78 is 38.5. The summed E-state index contributed by atoms with van der Waals surface area (Å²) in [5.74, 6) is -1.57. The minimum Gasteiger partial charge on any atom is -0.380 e. The standard InChI is InChI=1S/C14H15F3N4O3/c1-13(24,4-2-3-11(19)22)12(23)21-8-5-9(14(15,16)17)10(6-18)20-7-8/h5,7,24H,2-4H2,1H3,(H2,19,22)(H,21,23). The zero-order chi connectivity index (χ0) is 18.5. The molecule has 0 saturated heterocycles. The third-order valence-corrected chi connectivity index (χ3v) is 3.13. The van der Waals surface area contributed by atoms with Crippen molar-refractivity contribution in [1.82, 2.24) is 4.98 Å². The fraction of sp³-hybridized carbons (Fsp3) is 0.429. The lowest BCUT2D eigenvalue weighted by molar-refractivity contribution is -0.138. The van der Waals surface area contributed by atoms with Crippen LogP contribution in [0.2, 0.25) is 0 Å². The molecule has 0 aliphatic carbocycles. The van der Waals surface area contributed by atoms with Crippen molar-refractivity contribution in [3.8, 4) is 6.07 Å².